The summed E-state index contributed by atoms with van der Waals surface area (Å²) in [5.41, 5.74) is 0. The maximum atomic E-state index is 14.1. The van der Waals surface area contributed by atoms with Gasteiger partial charge in [0.15, 0.2) is 0 Å². The predicted molar refractivity (Wildman–Crippen MR) is 116 cm³/mol. The highest BCUT2D eigenvalue weighted by atomic mass is 28.4. The van der Waals surface area contributed by atoms with Gasteiger partial charge in [-0.15, -0.1) is 0 Å². The lowest BCUT2D eigenvalue weighted by Gasteiger charge is -2.42. The molecule has 2 aromatic rings. The largest absolute Gasteiger partial charge is 0.481 e. The van der Waals surface area contributed by atoms with E-state index in [1.54, 1.807) is 0 Å². The van der Waals surface area contributed by atoms with E-state index in [4.69, 9.17) is 14.3 Å². The summed E-state index contributed by atoms with van der Waals surface area (Å²) in [6.07, 6.45) is 1.23. The van der Waals surface area contributed by atoms with E-state index < -0.39 is 20.1 Å². The van der Waals surface area contributed by atoms with E-state index in [9.17, 15) is 9.18 Å². The molecular formula is C23H29FO4Si. The average molecular weight is 417 g/mol. The maximum absolute atomic E-state index is 14.1. The fourth-order valence-corrected chi connectivity index (χ4v) is 7.90. The van der Waals surface area contributed by atoms with Crippen molar-refractivity contribution in [2.45, 2.75) is 32.2 Å². The molecule has 1 N–H and O–H groups in total. The third kappa shape index (κ3) is 6.10. The lowest BCUT2D eigenvalue weighted by atomic mass is 10.2. The van der Waals surface area contributed by atoms with Gasteiger partial charge in [-0.3, -0.25) is 4.79 Å². The van der Waals surface area contributed by atoms with Gasteiger partial charge >= 0.3 is 5.97 Å². The molecule has 0 aliphatic rings. The first-order chi connectivity index (χ1) is 13.8. The molecule has 2 aromatic carbocycles. The number of halogens is 1. The van der Waals surface area contributed by atoms with Crippen LogP contribution in [-0.2, 0) is 14.0 Å². The van der Waals surface area contributed by atoms with Crippen molar-refractivity contribution in [1.29, 1.82) is 0 Å². The van der Waals surface area contributed by atoms with Crippen LogP contribution < -0.4 is 10.4 Å². The Morgan fingerprint density at radius 1 is 1.03 bits per heavy atom. The summed E-state index contributed by atoms with van der Waals surface area (Å²) in [7, 11) is -2.70. The zero-order valence-electron chi connectivity index (χ0n) is 17.2. The van der Waals surface area contributed by atoms with Crippen molar-refractivity contribution in [2.75, 3.05) is 19.8 Å². The second kappa shape index (κ2) is 10.5. The molecule has 0 fully saturated rings. The summed E-state index contributed by atoms with van der Waals surface area (Å²) < 4.78 is 25.7. The molecule has 0 aromatic heterocycles. The minimum absolute atomic E-state index is 0.0217. The summed E-state index contributed by atoms with van der Waals surface area (Å²) in [5.74, 6) is -1.43. The van der Waals surface area contributed by atoms with Crippen molar-refractivity contribution in [3.05, 3.63) is 72.6 Å². The number of benzene rings is 2. The van der Waals surface area contributed by atoms with Gasteiger partial charge in [0.2, 0.25) is 0 Å². The molecule has 0 amide bonds. The van der Waals surface area contributed by atoms with Gasteiger partial charge in [0.1, 0.15) is 5.83 Å². The molecule has 0 heterocycles. The number of ether oxygens (including phenoxy) is 1. The van der Waals surface area contributed by atoms with Crippen molar-refractivity contribution in [3.8, 4) is 0 Å². The average Bonchev–Trinajstić information content (AvgIpc) is 2.69. The standard InChI is InChI=1S/C23H29FO4Si/c1-23(2,3)29(20-10-6-4-7-11-20,21-12-8-5-9-13-21)28-17-14-19(24)18-27-16-15-22(25)26/h4-14H,15-18H2,1-3H3,(H,25,26)/b19-14+. The topological polar surface area (TPSA) is 55.8 Å². The van der Waals surface area contributed by atoms with E-state index >= 15 is 0 Å². The molecule has 0 aliphatic heterocycles. The van der Waals surface area contributed by atoms with Gasteiger partial charge in [-0.05, 0) is 21.5 Å². The number of rotatable bonds is 10. The van der Waals surface area contributed by atoms with Crippen LogP contribution in [0, 0.1) is 0 Å². The molecule has 0 saturated carbocycles. The normalized spacial score (nSPS) is 12.8. The lowest BCUT2D eigenvalue weighted by molar-refractivity contribution is -0.138. The van der Waals surface area contributed by atoms with Gasteiger partial charge in [-0.25, -0.2) is 4.39 Å². The second-order valence-corrected chi connectivity index (χ2v) is 12.1. The van der Waals surface area contributed by atoms with Crippen LogP contribution in [0.1, 0.15) is 27.2 Å². The van der Waals surface area contributed by atoms with Crippen LogP contribution in [0.5, 0.6) is 0 Å². The van der Waals surface area contributed by atoms with Gasteiger partial charge in [0.05, 0.1) is 26.2 Å². The van der Waals surface area contributed by atoms with Crippen molar-refractivity contribution >= 4 is 24.7 Å². The minimum atomic E-state index is -2.70. The van der Waals surface area contributed by atoms with E-state index in [0.717, 1.165) is 10.4 Å². The fraction of sp³-hybridized carbons (Fsp3) is 0.348. The predicted octanol–water partition coefficient (Wildman–Crippen LogP) is 3.91. The van der Waals surface area contributed by atoms with Crippen molar-refractivity contribution in [1.82, 2.24) is 0 Å². The smallest absolute Gasteiger partial charge is 0.305 e. The molecule has 2 rings (SSSR count). The van der Waals surface area contributed by atoms with Crippen molar-refractivity contribution in [2.24, 2.45) is 0 Å². The second-order valence-electron chi connectivity index (χ2n) is 7.82. The molecule has 29 heavy (non-hydrogen) atoms. The quantitative estimate of drug-likeness (QED) is 0.471. The molecule has 0 radical (unpaired) electrons. The number of aliphatic carboxylic acids is 1. The van der Waals surface area contributed by atoms with Gasteiger partial charge in [0, 0.05) is 0 Å². The van der Waals surface area contributed by atoms with Crippen LogP contribution in [0.15, 0.2) is 72.6 Å². The molecule has 0 bridgehead atoms. The van der Waals surface area contributed by atoms with Crippen LogP contribution in [0.2, 0.25) is 5.04 Å². The Labute approximate surface area is 173 Å². The molecule has 0 aliphatic carbocycles. The Morgan fingerprint density at radius 2 is 1.55 bits per heavy atom. The van der Waals surface area contributed by atoms with E-state index in [2.05, 4.69) is 45.0 Å². The molecular weight excluding hydrogens is 387 g/mol. The summed E-state index contributed by atoms with van der Waals surface area (Å²) in [4.78, 5) is 10.5. The molecule has 0 spiro atoms. The Morgan fingerprint density at radius 3 is 2.00 bits per heavy atom. The summed E-state index contributed by atoms with van der Waals surface area (Å²) in [5, 5.41) is 10.7. The van der Waals surface area contributed by atoms with E-state index in [1.807, 2.05) is 36.4 Å². The first-order valence-corrected chi connectivity index (χ1v) is 11.6. The van der Waals surface area contributed by atoms with Crippen LogP contribution in [0.3, 0.4) is 0 Å². The molecule has 4 nitrogen and oxygen atoms in total. The van der Waals surface area contributed by atoms with Crippen LogP contribution in [0.25, 0.3) is 0 Å². The number of hydrogen-bond donors (Lipinski definition) is 1. The molecule has 0 atom stereocenters. The first-order valence-electron chi connectivity index (χ1n) is 9.66. The van der Waals surface area contributed by atoms with Gasteiger partial charge in [0.25, 0.3) is 8.32 Å². The van der Waals surface area contributed by atoms with Gasteiger partial charge in [-0.1, -0.05) is 81.4 Å². The number of carbonyl (C=O) groups is 1. The third-order valence-corrected chi connectivity index (χ3v) is 9.73. The Bertz CT molecular complexity index is 761. The maximum Gasteiger partial charge on any atom is 0.305 e. The van der Waals surface area contributed by atoms with Gasteiger partial charge in [-0.2, -0.15) is 0 Å². The summed E-state index contributed by atoms with van der Waals surface area (Å²) in [6.45, 7) is 6.32. The fourth-order valence-electron chi connectivity index (χ4n) is 3.41. The number of hydrogen-bond acceptors (Lipinski definition) is 3. The summed E-state index contributed by atoms with van der Waals surface area (Å²) in [6, 6.07) is 20.3. The van der Waals surface area contributed by atoms with Crippen molar-refractivity contribution < 1.29 is 23.5 Å². The number of carboxylic acids is 1. The highest BCUT2D eigenvalue weighted by Crippen LogP contribution is 2.36. The molecule has 0 unspecified atom stereocenters. The highest BCUT2D eigenvalue weighted by molar-refractivity contribution is 6.99. The van der Waals surface area contributed by atoms with Crippen molar-refractivity contribution in [3.63, 3.8) is 0 Å². The SMILES string of the molecule is CC(C)(C)[Si](OC/C=C(/F)COCCC(=O)O)(c1ccccc1)c1ccccc1. The van der Waals surface area contributed by atoms with Crippen LogP contribution in [0.4, 0.5) is 4.39 Å². The minimum Gasteiger partial charge on any atom is -0.481 e. The zero-order valence-corrected chi connectivity index (χ0v) is 18.2. The zero-order chi connectivity index (χ0) is 21.3. The van der Waals surface area contributed by atoms with Gasteiger partial charge < -0.3 is 14.3 Å². The number of carboxylic acid groups (broad SMARTS) is 1. The molecule has 6 heteroatoms. The van der Waals surface area contributed by atoms with Crippen LogP contribution >= 0.6 is 0 Å². The Hall–Kier alpha value is -2.28. The van der Waals surface area contributed by atoms with E-state index in [0.29, 0.717) is 0 Å². The lowest BCUT2D eigenvalue weighted by Crippen LogP contribution is -2.66. The first kappa shape index (κ1) is 23.0. The molecule has 156 valence electrons. The summed E-state index contributed by atoms with van der Waals surface area (Å²) >= 11 is 0. The Balaban J connectivity index is 2.25. The van der Waals surface area contributed by atoms with Crippen LogP contribution in [-0.4, -0.2) is 39.2 Å². The Kier molecular flexibility index (Phi) is 8.31. The van der Waals surface area contributed by atoms with E-state index in [-0.39, 0.29) is 31.3 Å². The third-order valence-electron chi connectivity index (χ3n) is 4.72. The van der Waals surface area contributed by atoms with E-state index in [1.165, 1.54) is 6.08 Å². The molecule has 0 saturated heterocycles. The highest BCUT2D eigenvalue weighted by Gasteiger charge is 2.49. The monoisotopic (exact) mass is 416 g/mol.